The van der Waals surface area contributed by atoms with Crippen molar-refractivity contribution in [2.75, 3.05) is 26.2 Å². The van der Waals surface area contributed by atoms with Gasteiger partial charge in [0.05, 0.1) is 0 Å². The first-order valence-electron chi connectivity index (χ1n) is 11.0. The van der Waals surface area contributed by atoms with E-state index >= 15 is 0 Å². The summed E-state index contributed by atoms with van der Waals surface area (Å²) in [7, 11) is 0. The molecular weight excluding hydrogens is 428 g/mol. The van der Waals surface area contributed by atoms with Crippen molar-refractivity contribution < 1.29 is 23.9 Å². The number of nitrogens with zero attached hydrogens (tertiary/aromatic N) is 4. The molecule has 0 aliphatic rings. The first kappa shape index (κ1) is 27.9. The Labute approximate surface area is 195 Å². The van der Waals surface area contributed by atoms with E-state index < -0.39 is 23.4 Å². The molecule has 1 rings (SSSR count). The highest BCUT2D eigenvalue weighted by Gasteiger charge is 2.18. The van der Waals surface area contributed by atoms with Crippen LogP contribution in [-0.2, 0) is 14.3 Å². The van der Waals surface area contributed by atoms with Gasteiger partial charge in [0.1, 0.15) is 11.2 Å². The molecular formula is C22H38N6O5. The van der Waals surface area contributed by atoms with E-state index in [2.05, 4.69) is 20.7 Å². The topological polar surface area (TPSA) is 127 Å². The predicted molar refractivity (Wildman–Crippen MR) is 125 cm³/mol. The molecule has 0 atom stereocenters. The van der Waals surface area contributed by atoms with Crippen molar-refractivity contribution >= 4 is 24.1 Å². The lowest BCUT2D eigenvalue weighted by atomic mass is 10.2. The van der Waals surface area contributed by atoms with Crippen LogP contribution in [0.3, 0.4) is 0 Å². The molecule has 0 unspecified atom stereocenters. The van der Waals surface area contributed by atoms with Crippen molar-refractivity contribution in [3.05, 3.63) is 18.5 Å². The zero-order chi connectivity index (χ0) is 25.1. The first-order chi connectivity index (χ1) is 15.3. The van der Waals surface area contributed by atoms with Crippen molar-refractivity contribution in [3.63, 3.8) is 0 Å². The highest BCUT2D eigenvalue weighted by Crippen LogP contribution is 2.07. The summed E-state index contributed by atoms with van der Waals surface area (Å²) >= 11 is 0. The van der Waals surface area contributed by atoms with Crippen LogP contribution in [0.25, 0.3) is 0 Å². The van der Waals surface area contributed by atoms with Crippen LogP contribution in [0.15, 0.2) is 23.5 Å². The molecule has 0 bridgehead atoms. The van der Waals surface area contributed by atoms with Crippen molar-refractivity contribution in [3.8, 4) is 0 Å². The fourth-order valence-electron chi connectivity index (χ4n) is 2.66. The zero-order valence-corrected chi connectivity index (χ0v) is 20.8. The third kappa shape index (κ3) is 13.1. The lowest BCUT2D eigenvalue weighted by Gasteiger charge is -2.26. The minimum atomic E-state index is -0.571. The molecule has 0 aromatic carbocycles. The molecule has 33 heavy (non-hydrogen) atoms. The molecule has 0 fully saturated rings. The molecule has 0 aliphatic heterocycles. The Bertz CT molecular complexity index is 757. The Morgan fingerprint density at radius 3 is 1.79 bits per heavy atom. The summed E-state index contributed by atoms with van der Waals surface area (Å²) in [6.07, 6.45) is 3.49. The lowest BCUT2D eigenvalue weighted by Crippen LogP contribution is -2.41. The van der Waals surface area contributed by atoms with Crippen molar-refractivity contribution in [2.24, 2.45) is 4.99 Å². The third-order valence-corrected chi connectivity index (χ3v) is 3.80. The number of ether oxygens (including phenoxy) is 2. The summed E-state index contributed by atoms with van der Waals surface area (Å²) in [5.41, 5.74) is -1.14. The summed E-state index contributed by atoms with van der Waals surface area (Å²) in [5, 5.41) is 9.64. The molecule has 0 radical (unpaired) electrons. The van der Waals surface area contributed by atoms with Crippen LogP contribution < -0.4 is 10.6 Å². The lowest BCUT2D eigenvalue weighted by molar-refractivity contribution is -0.115. The van der Waals surface area contributed by atoms with Crippen LogP contribution in [0.5, 0.6) is 0 Å². The van der Waals surface area contributed by atoms with E-state index in [4.69, 9.17) is 9.47 Å². The van der Waals surface area contributed by atoms with Gasteiger partial charge in [-0.1, -0.05) is 0 Å². The number of alkyl carbamates (subject to hydrolysis) is 2. The van der Waals surface area contributed by atoms with Gasteiger partial charge in [0.2, 0.25) is 11.9 Å². The average molecular weight is 467 g/mol. The Kier molecular flexibility index (Phi) is 10.8. The smallest absolute Gasteiger partial charge is 0.407 e. The van der Waals surface area contributed by atoms with Crippen LogP contribution in [0.2, 0.25) is 0 Å². The molecule has 0 spiro atoms. The van der Waals surface area contributed by atoms with E-state index in [1.807, 2.05) is 4.90 Å². The van der Waals surface area contributed by atoms with E-state index in [1.165, 1.54) is 11.6 Å². The van der Waals surface area contributed by atoms with Crippen molar-refractivity contribution in [2.45, 2.75) is 72.5 Å². The van der Waals surface area contributed by atoms with Gasteiger partial charge in [-0.15, -0.1) is 0 Å². The number of amides is 3. The standard InChI is InChI=1S/C22H38N6O5/c1-17(29)26-18(28-16-10-13-25-28)27(14-8-11-23-19(30)32-21(2,3)4)15-9-12-24-20(31)33-22(5,6)7/h10,13,16H,8-9,11-12,14-15H2,1-7H3,(H,23,30)(H,24,31). The molecule has 0 saturated heterocycles. The summed E-state index contributed by atoms with van der Waals surface area (Å²) in [4.78, 5) is 41.5. The summed E-state index contributed by atoms with van der Waals surface area (Å²) < 4.78 is 12.0. The SMILES string of the molecule is CC(=O)N=C(N(CCCNC(=O)OC(C)(C)C)CCCNC(=O)OC(C)(C)C)n1cccn1. The predicted octanol–water partition coefficient (Wildman–Crippen LogP) is 2.77. The minimum Gasteiger partial charge on any atom is -0.444 e. The van der Waals surface area contributed by atoms with E-state index in [0.29, 0.717) is 45.0 Å². The number of aliphatic imine (C=N–C) groups is 1. The summed E-state index contributed by atoms with van der Waals surface area (Å²) in [6, 6.07) is 1.74. The van der Waals surface area contributed by atoms with Crippen LogP contribution in [0.1, 0.15) is 61.3 Å². The fourth-order valence-corrected chi connectivity index (χ4v) is 2.66. The monoisotopic (exact) mass is 466 g/mol. The van der Waals surface area contributed by atoms with Gasteiger partial charge in [0.15, 0.2) is 0 Å². The maximum atomic E-state index is 11.9. The molecule has 2 N–H and O–H groups in total. The van der Waals surface area contributed by atoms with Crippen molar-refractivity contribution in [1.29, 1.82) is 0 Å². The second-order valence-corrected chi connectivity index (χ2v) is 9.43. The highest BCUT2D eigenvalue weighted by atomic mass is 16.6. The molecule has 11 nitrogen and oxygen atoms in total. The first-order valence-corrected chi connectivity index (χ1v) is 11.0. The summed E-state index contributed by atoms with van der Waals surface area (Å²) in [5.74, 6) is 0.0197. The number of carbonyl (C=O) groups is 3. The van der Waals surface area contributed by atoms with Gasteiger partial charge < -0.3 is 25.0 Å². The van der Waals surface area contributed by atoms with E-state index in [9.17, 15) is 14.4 Å². The van der Waals surface area contributed by atoms with Crippen LogP contribution in [-0.4, -0.2) is 76.1 Å². The molecule has 1 aromatic heterocycles. The Morgan fingerprint density at radius 1 is 0.939 bits per heavy atom. The van der Waals surface area contributed by atoms with Gasteiger partial charge in [-0.2, -0.15) is 10.1 Å². The summed E-state index contributed by atoms with van der Waals surface area (Å²) in [6.45, 7) is 13.9. The van der Waals surface area contributed by atoms with Crippen LogP contribution in [0, 0.1) is 0 Å². The van der Waals surface area contributed by atoms with E-state index in [1.54, 1.807) is 60.0 Å². The van der Waals surface area contributed by atoms with Gasteiger partial charge >= 0.3 is 12.2 Å². The largest absolute Gasteiger partial charge is 0.444 e. The number of aromatic nitrogens is 2. The van der Waals surface area contributed by atoms with Gasteiger partial charge in [0, 0.05) is 45.5 Å². The number of rotatable bonds is 8. The fraction of sp³-hybridized carbons (Fsp3) is 0.682. The zero-order valence-electron chi connectivity index (χ0n) is 20.8. The Morgan fingerprint density at radius 2 is 1.42 bits per heavy atom. The Hall–Kier alpha value is -3.11. The molecule has 0 aliphatic carbocycles. The second-order valence-electron chi connectivity index (χ2n) is 9.43. The maximum Gasteiger partial charge on any atom is 0.407 e. The number of carbonyl (C=O) groups excluding carboxylic acids is 3. The molecule has 3 amide bonds. The van der Waals surface area contributed by atoms with Crippen LogP contribution >= 0.6 is 0 Å². The Balaban J connectivity index is 2.73. The minimum absolute atomic E-state index is 0.357. The molecule has 0 saturated carbocycles. The number of hydrogen-bond acceptors (Lipinski definition) is 6. The normalized spacial score (nSPS) is 12.2. The molecule has 186 valence electrons. The number of nitrogens with one attached hydrogen (secondary N) is 2. The second kappa shape index (κ2) is 12.8. The van der Waals surface area contributed by atoms with Crippen LogP contribution in [0.4, 0.5) is 9.59 Å². The maximum absolute atomic E-state index is 11.9. The highest BCUT2D eigenvalue weighted by molar-refractivity contribution is 5.93. The van der Waals surface area contributed by atoms with Gasteiger partial charge in [-0.25, -0.2) is 14.3 Å². The quantitative estimate of drug-likeness (QED) is 0.343. The van der Waals surface area contributed by atoms with E-state index in [-0.39, 0.29) is 5.91 Å². The average Bonchev–Trinajstić information content (AvgIpc) is 3.16. The molecule has 1 aromatic rings. The molecule has 11 heteroatoms. The third-order valence-electron chi connectivity index (χ3n) is 3.80. The van der Waals surface area contributed by atoms with Gasteiger partial charge in [-0.05, 0) is 60.5 Å². The van der Waals surface area contributed by atoms with Crippen molar-refractivity contribution in [1.82, 2.24) is 25.3 Å². The molecule has 1 heterocycles. The number of hydrogen-bond donors (Lipinski definition) is 2. The van der Waals surface area contributed by atoms with Gasteiger partial charge in [-0.3, -0.25) is 4.79 Å². The van der Waals surface area contributed by atoms with Gasteiger partial charge in [0.25, 0.3) is 0 Å². The van der Waals surface area contributed by atoms with E-state index in [0.717, 1.165) is 0 Å².